The predicted octanol–water partition coefficient (Wildman–Crippen LogP) is 1.10. The average Bonchev–Trinajstić information content (AvgIpc) is 2.53. The van der Waals surface area contributed by atoms with Gasteiger partial charge >= 0.3 is 5.97 Å². The standard InChI is InChI=1S/C11H21NO3/c1-8(10(13)15-11(2,3)4)12-9-5-6-14-7-9/h8-9,12H,5-7H2,1-4H3/t8-,9?/m1/s1. The average molecular weight is 215 g/mol. The summed E-state index contributed by atoms with van der Waals surface area (Å²) in [7, 11) is 0. The van der Waals surface area contributed by atoms with Crippen molar-refractivity contribution in [3.8, 4) is 0 Å². The number of esters is 1. The molecule has 15 heavy (non-hydrogen) atoms. The summed E-state index contributed by atoms with van der Waals surface area (Å²) in [6.45, 7) is 8.90. The lowest BCUT2D eigenvalue weighted by atomic mass is 10.2. The Balaban J connectivity index is 2.32. The van der Waals surface area contributed by atoms with E-state index in [2.05, 4.69) is 5.32 Å². The minimum Gasteiger partial charge on any atom is -0.459 e. The topological polar surface area (TPSA) is 47.6 Å². The lowest BCUT2D eigenvalue weighted by Crippen LogP contribution is -2.44. The molecule has 1 saturated heterocycles. The van der Waals surface area contributed by atoms with Gasteiger partial charge in [0.05, 0.1) is 6.61 Å². The summed E-state index contributed by atoms with van der Waals surface area (Å²) in [5.74, 6) is -0.200. The molecule has 1 aliphatic rings. The molecule has 0 aromatic rings. The monoisotopic (exact) mass is 215 g/mol. The number of carbonyl (C=O) groups is 1. The molecule has 0 radical (unpaired) electrons. The molecular formula is C11H21NO3. The van der Waals surface area contributed by atoms with E-state index >= 15 is 0 Å². The van der Waals surface area contributed by atoms with Crippen LogP contribution in [-0.2, 0) is 14.3 Å². The Bertz CT molecular complexity index is 216. The van der Waals surface area contributed by atoms with E-state index in [-0.39, 0.29) is 18.1 Å². The van der Waals surface area contributed by atoms with E-state index < -0.39 is 5.60 Å². The van der Waals surface area contributed by atoms with Gasteiger partial charge in [-0.3, -0.25) is 10.1 Å². The third-order valence-corrected chi connectivity index (χ3v) is 2.18. The summed E-state index contributed by atoms with van der Waals surface area (Å²) >= 11 is 0. The molecule has 0 aliphatic carbocycles. The van der Waals surface area contributed by atoms with Gasteiger partial charge in [-0.15, -0.1) is 0 Å². The van der Waals surface area contributed by atoms with Crippen molar-refractivity contribution in [3.05, 3.63) is 0 Å². The summed E-state index contributed by atoms with van der Waals surface area (Å²) in [5, 5.41) is 3.20. The van der Waals surface area contributed by atoms with Crippen LogP contribution >= 0.6 is 0 Å². The van der Waals surface area contributed by atoms with E-state index in [4.69, 9.17) is 9.47 Å². The molecule has 1 N–H and O–H groups in total. The van der Waals surface area contributed by atoms with Crippen molar-refractivity contribution in [3.63, 3.8) is 0 Å². The van der Waals surface area contributed by atoms with Crippen LogP contribution < -0.4 is 5.32 Å². The van der Waals surface area contributed by atoms with E-state index in [0.29, 0.717) is 6.61 Å². The van der Waals surface area contributed by atoms with Gasteiger partial charge in [0.25, 0.3) is 0 Å². The SMILES string of the molecule is C[C@@H](NC1CCOC1)C(=O)OC(C)(C)C. The molecule has 0 saturated carbocycles. The lowest BCUT2D eigenvalue weighted by Gasteiger charge is -2.24. The summed E-state index contributed by atoms with van der Waals surface area (Å²) in [4.78, 5) is 11.6. The predicted molar refractivity (Wildman–Crippen MR) is 57.7 cm³/mol. The molecule has 1 fully saturated rings. The minimum atomic E-state index is -0.417. The second-order valence-corrected chi connectivity index (χ2v) is 4.98. The molecule has 2 atom stereocenters. The second kappa shape index (κ2) is 4.94. The molecule has 88 valence electrons. The highest BCUT2D eigenvalue weighted by Gasteiger charge is 2.25. The number of ether oxygens (including phenoxy) is 2. The van der Waals surface area contributed by atoms with Gasteiger partial charge < -0.3 is 9.47 Å². The number of nitrogens with one attached hydrogen (secondary N) is 1. The van der Waals surface area contributed by atoms with E-state index in [1.807, 2.05) is 27.7 Å². The summed E-state index contributed by atoms with van der Waals surface area (Å²) < 4.78 is 10.5. The summed E-state index contributed by atoms with van der Waals surface area (Å²) in [6, 6.07) is 0.0171. The first-order chi connectivity index (χ1) is 6.88. The first-order valence-corrected chi connectivity index (χ1v) is 5.45. The molecule has 1 aliphatic heterocycles. The zero-order chi connectivity index (χ0) is 11.5. The Morgan fingerprint density at radius 1 is 1.53 bits per heavy atom. The van der Waals surface area contributed by atoms with Crippen molar-refractivity contribution in [2.24, 2.45) is 0 Å². The zero-order valence-electron chi connectivity index (χ0n) is 10.0. The first-order valence-electron chi connectivity index (χ1n) is 5.45. The molecule has 1 heterocycles. The van der Waals surface area contributed by atoms with E-state index in [1.165, 1.54) is 0 Å². The fraction of sp³-hybridized carbons (Fsp3) is 0.909. The Morgan fingerprint density at radius 3 is 2.67 bits per heavy atom. The Hall–Kier alpha value is -0.610. The smallest absolute Gasteiger partial charge is 0.323 e. The molecule has 0 bridgehead atoms. The zero-order valence-corrected chi connectivity index (χ0v) is 10.0. The third kappa shape index (κ3) is 4.62. The molecule has 0 spiro atoms. The number of carbonyl (C=O) groups excluding carboxylic acids is 1. The largest absolute Gasteiger partial charge is 0.459 e. The molecule has 0 aromatic heterocycles. The highest BCUT2D eigenvalue weighted by atomic mass is 16.6. The first kappa shape index (κ1) is 12.5. The van der Waals surface area contributed by atoms with Crippen LogP contribution in [0.2, 0.25) is 0 Å². The highest BCUT2D eigenvalue weighted by molar-refractivity contribution is 5.75. The van der Waals surface area contributed by atoms with Crippen molar-refractivity contribution < 1.29 is 14.3 Å². The van der Waals surface area contributed by atoms with Crippen molar-refractivity contribution in [1.29, 1.82) is 0 Å². The highest BCUT2D eigenvalue weighted by Crippen LogP contribution is 2.10. The third-order valence-electron chi connectivity index (χ3n) is 2.18. The normalized spacial score (nSPS) is 23.9. The van der Waals surface area contributed by atoms with Crippen molar-refractivity contribution in [2.75, 3.05) is 13.2 Å². The van der Waals surface area contributed by atoms with E-state index in [0.717, 1.165) is 13.0 Å². The number of hydrogen-bond donors (Lipinski definition) is 1. The van der Waals surface area contributed by atoms with Gasteiger partial charge in [-0.25, -0.2) is 0 Å². The molecule has 1 unspecified atom stereocenters. The van der Waals surface area contributed by atoms with Crippen molar-refractivity contribution >= 4 is 5.97 Å². The van der Waals surface area contributed by atoms with Gasteiger partial charge in [0.1, 0.15) is 11.6 Å². The van der Waals surface area contributed by atoms with Gasteiger partial charge in [-0.1, -0.05) is 0 Å². The maximum Gasteiger partial charge on any atom is 0.323 e. The molecule has 1 rings (SSSR count). The fourth-order valence-electron chi connectivity index (χ4n) is 1.48. The van der Waals surface area contributed by atoms with Gasteiger partial charge in [0, 0.05) is 12.6 Å². The van der Waals surface area contributed by atoms with Gasteiger partial charge in [0.15, 0.2) is 0 Å². The molecule has 4 nitrogen and oxygen atoms in total. The van der Waals surface area contributed by atoms with Crippen LogP contribution in [0.5, 0.6) is 0 Å². The van der Waals surface area contributed by atoms with Gasteiger partial charge in [-0.05, 0) is 34.1 Å². The van der Waals surface area contributed by atoms with Crippen molar-refractivity contribution in [2.45, 2.75) is 51.8 Å². The van der Waals surface area contributed by atoms with E-state index in [1.54, 1.807) is 0 Å². The Kier molecular flexibility index (Phi) is 4.11. The number of rotatable bonds is 3. The number of hydrogen-bond acceptors (Lipinski definition) is 4. The van der Waals surface area contributed by atoms with Crippen LogP contribution in [0.1, 0.15) is 34.1 Å². The van der Waals surface area contributed by atoms with Crippen LogP contribution in [0.15, 0.2) is 0 Å². The molecule has 0 aromatic carbocycles. The van der Waals surface area contributed by atoms with Crippen LogP contribution in [0.4, 0.5) is 0 Å². The maximum absolute atomic E-state index is 11.6. The van der Waals surface area contributed by atoms with Crippen LogP contribution in [-0.4, -0.2) is 36.9 Å². The van der Waals surface area contributed by atoms with Crippen LogP contribution in [0.25, 0.3) is 0 Å². The molecular weight excluding hydrogens is 194 g/mol. The molecule has 4 heteroatoms. The van der Waals surface area contributed by atoms with Crippen LogP contribution in [0.3, 0.4) is 0 Å². The minimum absolute atomic E-state index is 0.200. The summed E-state index contributed by atoms with van der Waals surface area (Å²) in [5.41, 5.74) is -0.417. The van der Waals surface area contributed by atoms with Gasteiger partial charge in [-0.2, -0.15) is 0 Å². The quantitative estimate of drug-likeness (QED) is 0.716. The van der Waals surface area contributed by atoms with Crippen LogP contribution in [0, 0.1) is 0 Å². The maximum atomic E-state index is 11.6. The molecule has 0 amide bonds. The summed E-state index contributed by atoms with van der Waals surface area (Å²) in [6.07, 6.45) is 0.965. The van der Waals surface area contributed by atoms with Gasteiger partial charge in [0.2, 0.25) is 0 Å². The van der Waals surface area contributed by atoms with Crippen molar-refractivity contribution in [1.82, 2.24) is 5.32 Å². The fourth-order valence-corrected chi connectivity index (χ4v) is 1.48. The van der Waals surface area contributed by atoms with E-state index in [9.17, 15) is 4.79 Å². The Labute approximate surface area is 91.3 Å². The lowest BCUT2D eigenvalue weighted by molar-refractivity contribution is -0.157. The Morgan fingerprint density at radius 2 is 2.20 bits per heavy atom. The second-order valence-electron chi connectivity index (χ2n) is 4.98.